The van der Waals surface area contributed by atoms with Gasteiger partial charge in [-0.1, -0.05) is 17.3 Å². The Morgan fingerprint density at radius 1 is 1.18 bits per heavy atom. The van der Waals surface area contributed by atoms with Crippen LogP contribution in [-0.2, 0) is 6.54 Å². The van der Waals surface area contributed by atoms with Gasteiger partial charge in [-0.25, -0.2) is 9.97 Å². The van der Waals surface area contributed by atoms with Gasteiger partial charge < -0.3 is 23.6 Å². The number of fused-ring (bicyclic) bond motifs is 1. The van der Waals surface area contributed by atoms with Crippen LogP contribution < -0.4 is 10.1 Å². The van der Waals surface area contributed by atoms with Gasteiger partial charge in [0.2, 0.25) is 0 Å². The SMILES string of the molecule is Cc1cc(-c2cc(C(=O)Nc3ccccc3OCCn3ccnc3)c3c(C)noc3n2)c(C)o1. The molecule has 9 nitrogen and oxygen atoms in total. The van der Waals surface area contributed by atoms with E-state index in [1.54, 1.807) is 31.6 Å². The van der Waals surface area contributed by atoms with E-state index in [1.165, 1.54) is 0 Å². The Balaban J connectivity index is 1.45. The van der Waals surface area contributed by atoms with Crippen molar-refractivity contribution in [1.82, 2.24) is 19.7 Å². The summed E-state index contributed by atoms with van der Waals surface area (Å²) in [5, 5.41) is 7.56. The number of hydrogen-bond acceptors (Lipinski definition) is 7. The monoisotopic (exact) mass is 457 g/mol. The fraction of sp³-hybridized carbons (Fsp3) is 0.200. The molecule has 0 fully saturated rings. The molecule has 0 aliphatic heterocycles. The summed E-state index contributed by atoms with van der Waals surface area (Å²) in [5.41, 5.74) is 3.23. The highest BCUT2D eigenvalue weighted by molar-refractivity contribution is 6.13. The van der Waals surface area contributed by atoms with Crippen molar-refractivity contribution < 1.29 is 18.5 Å². The zero-order valence-electron chi connectivity index (χ0n) is 19.0. The second kappa shape index (κ2) is 8.86. The molecule has 0 aliphatic carbocycles. The number of imidazole rings is 1. The molecule has 0 bridgehead atoms. The van der Waals surface area contributed by atoms with Gasteiger partial charge in [-0.3, -0.25) is 4.79 Å². The molecule has 172 valence electrons. The number of ether oxygens (including phenoxy) is 1. The summed E-state index contributed by atoms with van der Waals surface area (Å²) in [6.45, 7) is 6.57. The van der Waals surface area contributed by atoms with Gasteiger partial charge in [0, 0.05) is 18.0 Å². The van der Waals surface area contributed by atoms with Crippen LogP contribution in [0.15, 0.2) is 64.1 Å². The van der Waals surface area contributed by atoms with Crippen LogP contribution in [0.5, 0.6) is 5.75 Å². The van der Waals surface area contributed by atoms with E-state index in [2.05, 4.69) is 20.4 Å². The number of aromatic nitrogens is 4. The van der Waals surface area contributed by atoms with Crippen molar-refractivity contribution in [3.05, 3.63) is 77.9 Å². The lowest BCUT2D eigenvalue weighted by Crippen LogP contribution is -2.15. The highest BCUT2D eigenvalue weighted by Crippen LogP contribution is 2.32. The number of nitrogens with zero attached hydrogens (tertiary/aromatic N) is 4. The van der Waals surface area contributed by atoms with Crippen molar-refractivity contribution in [3.63, 3.8) is 0 Å². The molecule has 1 aromatic carbocycles. The lowest BCUT2D eigenvalue weighted by molar-refractivity contribution is 0.102. The number of rotatable bonds is 7. The van der Waals surface area contributed by atoms with Gasteiger partial charge in [0.1, 0.15) is 23.9 Å². The summed E-state index contributed by atoms with van der Waals surface area (Å²) in [4.78, 5) is 22.1. The van der Waals surface area contributed by atoms with Gasteiger partial charge in [-0.05, 0) is 45.0 Å². The lowest BCUT2D eigenvalue weighted by Gasteiger charge is -2.13. The third-order valence-electron chi connectivity index (χ3n) is 5.48. The van der Waals surface area contributed by atoms with Crippen LogP contribution in [0.25, 0.3) is 22.4 Å². The molecule has 34 heavy (non-hydrogen) atoms. The molecule has 4 heterocycles. The van der Waals surface area contributed by atoms with Crippen molar-refractivity contribution in [2.75, 3.05) is 11.9 Å². The molecule has 1 N–H and O–H groups in total. The lowest BCUT2D eigenvalue weighted by atomic mass is 10.1. The quantitative estimate of drug-likeness (QED) is 0.369. The van der Waals surface area contributed by atoms with Crippen LogP contribution in [0.4, 0.5) is 5.69 Å². The molecule has 0 saturated carbocycles. The first-order valence-electron chi connectivity index (χ1n) is 10.8. The molecule has 5 aromatic rings. The number of aryl methyl sites for hydroxylation is 3. The number of anilines is 1. The third-order valence-corrected chi connectivity index (χ3v) is 5.48. The van der Waals surface area contributed by atoms with Gasteiger partial charge in [0.05, 0.1) is 40.9 Å². The van der Waals surface area contributed by atoms with E-state index >= 15 is 0 Å². The standard InChI is InChI=1S/C25H23N5O4/c1-15-12-18(17(3)33-15)21-13-19(23-16(2)29-34-25(23)28-21)24(31)27-20-6-4-5-7-22(20)32-11-10-30-9-8-26-14-30/h4-9,12-14H,10-11H2,1-3H3,(H,27,31). The van der Waals surface area contributed by atoms with Crippen molar-refractivity contribution in [1.29, 1.82) is 0 Å². The van der Waals surface area contributed by atoms with Gasteiger partial charge in [0.15, 0.2) is 0 Å². The molecule has 0 radical (unpaired) electrons. The van der Waals surface area contributed by atoms with Crippen molar-refractivity contribution >= 4 is 22.7 Å². The van der Waals surface area contributed by atoms with Crippen molar-refractivity contribution in [2.45, 2.75) is 27.3 Å². The number of hydrogen-bond donors (Lipinski definition) is 1. The van der Waals surface area contributed by atoms with E-state index in [0.717, 1.165) is 11.3 Å². The third kappa shape index (κ3) is 4.15. The van der Waals surface area contributed by atoms with Crippen molar-refractivity contribution in [2.24, 2.45) is 0 Å². The van der Waals surface area contributed by atoms with Crippen LogP contribution in [0.2, 0.25) is 0 Å². The number of carbonyl (C=O) groups is 1. The second-order valence-electron chi connectivity index (χ2n) is 7.93. The number of furan rings is 1. The van der Waals surface area contributed by atoms with E-state index in [1.807, 2.05) is 48.9 Å². The molecule has 5 rings (SSSR count). The molecule has 0 aliphatic rings. The maximum absolute atomic E-state index is 13.5. The van der Waals surface area contributed by atoms with Crippen LogP contribution in [0.1, 0.15) is 27.6 Å². The predicted molar refractivity (Wildman–Crippen MR) is 126 cm³/mol. The Kier molecular flexibility index (Phi) is 5.59. The Bertz CT molecular complexity index is 1470. The zero-order valence-corrected chi connectivity index (χ0v) is 19.0. The van der Waals surface area contributed by atoms with Crippen LogP contribution in [-0.4, -0.2) is 32.2 Å². The summed E-state index contributed by atoms with van der Waals surface area (Å²) in [7, 11) is 0. The van der Waals surface area contributed by atoms with Crippen LogP contribution >= 0.6 is 0 Å². The van der Waals surface area contributed by atoms with Gasteiger partial charge in [-0.15, -0.1) is 0 Å². The summed E-state index contributed by atoms with van der Waals surface area (Å²) in [6, 6.07) is 10.9. The van der Waals surface area contributed by atoms with Crippen LogP contribution in [0.3, 0.4) is 0 Å². The highest BCUT2D eigenvalue weighted by atomic mass is 16.5. The molecule has 0 saturated heterocycles. The molecule has 1 amide bonds. The first-order valence-corrected chi connectivity index (χ1v) is 10.8. The second-order valence-corrected chi connectivity index (χ2v) is 7.93. The van der Waals surface area contributed by atoms with Crippen LogP contribution in [0, 0.1) is 20.8 Å². The number of nitrogens with one attached hydrogen (secondary N) is 1. The van der Waals surface area contributed by atoms with E-state index in [9.17, 15) is 4.79 Å². The summed E-state index contributed by atoms with van der Waals surface area (Å²) < 4.78 is 18.9. The number of pyridine rings is 1. The Hall–Kier alpha value is -4.40. The van der Waals surface area contributed by atoms with Gasteiger partial charge in [-0.2, -0.15) is 0 Å². The largest absolute Gasteiger partial charge is 0.490 e. The molecule has 0 spiro atoms. The zero-order chi connectivity index (χ0) is 23.7. The molecular weight excluding hydrogens is 434 g/mol. The first-order chi connectivity index (χ1) is 16.5. The topological polar surface area (TPSA) is 108 Å². The predicted octanol–water partition coefficient (Wildman–Crippen LogP) is 4.94. The number of para-hydroxylation sites is 2. The molecule has 0 unspecified atom stereocenters. The smallest absolute Gasteiger partial charge is 0.259 e. The summed E-state index contributed by atoms with van der Waals surface area (Å²) >= 11 is 0. The maximum atomic E-state index is 13.5. The molecule has 0 atom stereocenters. The minimum Gasteiger partial charge on any atom is -0.490 e. The average molecular weight is 457 g/mol. The highest BCUT2D eigenvalue weighted by Gasteiger charge is 2.22. The first kappa shape index (κ1) is 21.4. The number of amides is 1. The van der Waals surface area contributed by atoms with Gasteiger partial charge >= 0.3 is 0 Å². The van der Waals surface area contributed by atoms with E-state index in [-0.39, 0.29) is 5.91 Å². The minimum absolute atomic E-state index is 0.295. The van der Waals surface area contributed by atoms with E-state index in [0.29, 0.717) is 58.4 Å². The summed E-state index contributed by atoms with van der Waals surface area (Å²) in [6.07, 6.45) is 5.32. The minimum atomic E-state index is -0.316. The fourth-order valence-corrected chi connectivity index (χ4v) is 3.86. The normalized spacial score (nSPS) is 11.1. The molecular formula is C25H23N5O4. The van der Waals surface area contributed by atoms with E-state index < -0.39 is 0 Å². The fourth-order valence-electron chi connectivity index (χ4n) is 3.86. The molecule has 9 heteroatoms. The Labute approximate surface area is 195 Å². The molecule has 4 aromatic heterocycles. The van der Waals surface area contributed by atoms with Crippen molar-refractivity contribution in [3.8, 4) is 17.0 Å². The average Bonchev–Trinajstić information content (AvgIpc) is 3.55. The maximum Gasteiger partial charge on any atom is 0.259 e. The van der Waals surface area contributed by atoms with E-state index in [4.69, 9.17) is 13.7 Å². The summed E-state index contributed by atoms with van der Waals surface area (Å²) in [5.74, 6) is 1.73. The Morgan fingerprint density at radius 2 is 2.03 bits per heavy atom. The number of benzene rings is 1. The van der Waals surface area contributed by atoms with Gasteiger partial charge in [0.25, 0.3) is 11.6 Å². The number of carbonyl (C=O) groups excluding carboxylic acids is 1. The Morgan fingerprint density at radius 3 is 2.79 bits per heavy atom.